The fraction of sp³-hybridized carbons (Fsp3) is 0.900. The van der Waals surface area contributed by atoms with E-state index in [9.17, 15) is 19.8 Å². The SMILES string of the molecule is CCCCCCCCCCCCC(CCCCC)(C(=O)O)C(=O)O.[H-].[H-].[Li+].[Na+]. The first-order valence-corrected chi connectivity index (χ1v) is 9.98. The summed E-state index contributed by atoms with van der Waals surface area (Å²) in [5.41, 5.74) is -1.57. The van der Waals surface area contributed by atoms with Gasteiger partial charge in [-0.15, -0.1) is 0 Å². The second-order valence-corrected chi connectivity index (χ2v) is 7.08. The molecule has 0 heterocycles. The molecule has 0 spiro atoms. The largest absolute Gasteiger partial charge is 1.00 e. The zero-order chi connectivity index (χ0) is 18.3. The van der Waals surface area contributed by atoms with E-state index in [0.717, 1.165) is 25.7 Å². The van der Waals surface area contributed by atoms with Crippen LogP contribution in [0.1, 0.15) is 113 Å². The van der Waals surface area contributed by atoms with Crippen LogP contribution >= 0.6 is 0 Å². The van der Waals surface area contributed by atoms with Crippen LogP contribution in [-0.4, -0.2) is 22.2 Å². The summed E-state index contributed by atoms with van der Waals surface area (Å²) in [7, 11) is 0. The third-order valence-corrected chi connectivity index (χ3v) is 4.98. The molecule has 0 aromatic carbocycles. The van der Waals surface area contributed by atoms with Crippen molar-refractivity contribution >= 4 is 11.9 Å². The van der Waals surface area contributed by atoms with Crippen LogP contribution in [0.4, 0.5) is 0 Å². The predicted molar refractivity (Wildman–Crippen MR) is 101 cm³/mol. The van der Waals surface area contributed by atoms with Crippen molar-refractivity contribution in [3.63, 3.8) is 0 Å². The molecule has 0 fully saturated rings. The maximum atomic E-state index is 11.6. The van der Waals surface area contributed by atoms with Gasteiger partial charge in [-0.25, -0.2) is 0 Å². The predicted octanol–water partition coefficient (Wildman–Crippen LogP) is 0.266. The Balaban J connectivity index is -0.000000441. The van der Waals surface area contributed by atoms with Gasteiger partial charge >= 0.3 is 60.4 Å². The van der Waals surface area contributed by atoms with Gasteiger partial charge in [0.15, 0.2) is 5.41 Å². The van der Waals surface area contributed by atoms with Crippen LogP contribution in [0.25, 0.3) is 0 Å². The van der Waals surface area contributed by atoms with Crippen molar-refractivity contribution in [1.29, 1.82) is 0 Å². The van der Waals surface area contributed by atoms with Gasteiger partial charge in [0, 0.05) is 0 Å². The number of unbranched alkanes of at least 4 members (excludes halogenated alkanes) is 11. The van der Waals surface area contributed by atoms with E-state index in [2.05, 4.69) is 6.92 Å². The summed E-state index contributed by atoms with van der Waals surface area (Å²) in [4.78, 5) is 23.1. The zero-order valence-electron chi connectivity index (χ0n) is 19.8. The number of rotatable bonds is 17. The molecule has 0 aliphatic heterocycles. The van der Waals surface area contributed by atoms with E-state index in [-0.39, 0.29) is 64.1 Å². The van der Waals surface area contributed by atoms with Crippen molar-refractivity contribution in [2.24, 2.45) is 5.41 Å². The monoisotopic (exact) mass is 374 g/mol. The van der Waals surface area contributed by atoms with Crippen molar-refractivity contribution in [2.75, 3.05) is 0 Å². The number of aliphatic carboxylic acids is 2. The second kappa shape index (κ2) is 20.3. The first-order valence-electron chi connectivity index (χ1n) is 9.98. The molecule has 0 aromatic heterocycles. The topological polar surface area (TPSA) is 74.6 Å². The van der Waals surface area contributed by atoms with Crippen molar-refractivity contribution in [2.45, 2.75) is 110 Å². The van der Waals surface area contributed by atoms with E-state index in [1.165, 1.54) is 44.9 Å². The Kier molecular flexibility index (Phi) is 24.4. The maximum Gasteiger partial charge on any atom is 1.00 e. The average molecular weight is 374 g/mol. The summed E-state index contributed by atoms with van der Waals surface area (Å²) >= 11 is 0. The molecule has 0 saturated heterocycles. The van der Waals surface area contributed by atoms with Crippen molar-refractivity contribution in [1.82, 2.24) is 0 Å². The molecule has 0 aromatic rings. The van der Waals surface area contributed by atoms with E-state index in [1.807, 2.05) is 6.92 Å². The van der Waals surface area contributed by atoms with E-state index >= 15 is 0 Å². The molecule has 6 heteroatoms. The van der Waals surface area contributed by atoms with Crippen LogP contribution in [-0.2, 0) is 9.59 Å². The fourth-order valence-electron chi connectivity index (χ4n) is 3.24. The van der Waals surface area contributed by atoms with Crippen LogP contribution < -0.4 is 48.4 Å². The van der Waals surface area contributed by atoms with Gasteiger partial charge in [-0.05, 0) is 12.8 Å². The molecule has 2 N–H and O–H groups in total. The molecule has 0 bridgehead atoms. The molecule has 0 atom stereocenters. The van der Waals surface area contributed by atoms with E-state index in [4.69, 9.17) is 0 Å². The Labute approximate surface area is 197 Å². The van der Waals surface area contributed by atoms with Gasteiger partial charge in [-0.1, -0.05) is 97.3 Å². The van der Waals surface area contributed by atoms with Gasteiger partial charge < -0.3 is 13.1 Å². The third kappa shape index (κ3) is 13.7. The minimum atomic E-state index is -1.57. The van der Waals surface area contributed by atoms with Gasteiger partial charge in [-0.3, -0.25) is 9.59 Å². The summed E-state index contributed by atoms with van der Waals surface area (Å²) in [6.07, 6.45) is 14.7. The molecule has 146 valence electrons. The van der Waals surface area contributed by atoms with Gasteiger partial charge in [0.05, 0.1) is 0 Å². The summed E-state index contributed by atoms with van der Waals surface area (Å²) < 4.78 is 0. The standard InChI is InChI=1S/C20H38O4.Li.Na.2H/c1-3-5-7-8-9-10-11-12-13-15-17-20(18(21)22,19(23)24)16-14-6-4-2;;;;/h3-17H2,1-2H3,(H,21,22)(H,23,24);;;;/q;2*+1;2*-1. The summed E-state index contributed by atoms with van der Waals surface area (Å²) in [5.74, 6) is -2.33. The molecule has 0 saturated carbocycles. The molecule has 26 heavy (non-hydrogen) atoms. The summed E-state index contributed by atoms with van der Waals surface area (Å²) in [5, 5.41) is 18.9. The third-order valence-electron chi connectivity index (χ3n) is 4.98. The van der Waals surface area contributed by atoms with Crippen molar-refractivity contribution in [3.05, 3.63) is 0 Å². The van der Waals surface area contributed by atoms with Crippen LogP contribution in [0.2, 0.25) is 0 Å². The second-order valence-electron chi connectivity index (χ2n) is 7.08. The molecule has 0 unspecified atom stereocenters. The Morgan fingerprint density at radius 2 is 0.923 bits per heavy atom. The minimum Gasteiger partial charge on any atom is -1.00 e. The molecular weight excluding hydrogens is 334 g/mol. The number of carboxylic acid groups (broad SMARTS) is 2. The summed E-state index contributed by atoms with van der Waals surface area (Å²) in [6.45, 7) is 4.25. The molecule has 0 aliphatic carbocycles. The van der Waals surface area contributed by atoms with E-state index in [1.54, 1.807) is 0 Å². The molecule has 4 nitrogen and oxygen atoms in total. The molecule has 0 rings (SSSR count). The minimum absolute atomic E-state index is 0. The molecule has 0 radical (unpaired) electrons. The van der Waals surface area contributed by atoms with Gasteiger partial charge in [0.25, 0.3) is 0 Å². The fourth-order valence-corrected chi connectivity index (χ4v) is 3.24. The first kappa shape index (κ1) is 31.2. The number of hydrogen-bond acceptors (Lipinski definition) is 2. The number of hydrogen-bond donors (Lipinski definition) is 2. The van der Waals surface area contributed by atoms with Gasteiger partial charge in [0.1, 0.15) is 0 Å². The summed E-state index contributed by atoms with van der Waals surface area (Å²) in [6, 6.07) is 0. The average Bonchev–Trinajstić information content (AvgIpc) is 2.54. The Morgan fingerprint density at radius 1 is 0.654 bits per heavy atom. The van der Waals surface area contributed by atoms with Crippen LogP contribution in [0, 0.1) is 5.41 Å². The molecular formula is C20H40LiNaO4. The Bertz CT molecular complexity index is 347. The molecule has 0 aliphatic rings. The number of carboxylic acids is 2. The normalized spacial score (nSPS) is 10.7. The van der Waals surface area contributed by atoms with Crippen LogP contribution in [0.5, 0.6) is 0 Å². The van der Waals surface area contributed by atoms with Crippen LogP contribution in [0.3, 0.4) is 0 Å². The maximum absolute atomic E-state index is 11.6. The first-order chi connectivity index (χ1) is 11.5. The Morgan fingerprint density at radius 3 is 1.27 bits per heavy atom. The van der Waals surface area contributed by atoms with Gasteiger partial charge in [0.2, 0.25) is 0 Å². The van der Waals surface area contributed by atoms with E-state index < -0.39 is 17.4 Å². The van der Waals surface area contributed by atoms with Crippen molar-refractivity contribution in [3.8, 4) is 0 Å². The number of carbonyl (C=O) groups is 2. The van der Waals surface area contributed by atoms with Crippen molar-refractivity contribution < 1.29 is 71.1 Å². The van der Waals surface area contributed by atoms with Crippen LogP contribution in [0.15, 0.2) is 0 Å². The molecule has 0 amide bonds. The zero-order valence-corrected chi connectivity index (χ0v) is 19.8. The smallest absolute Gasteiger partial charge is 1.00 e. The Hall–Kier alpha value is 0.537. The quantitative estimate of drug-likeness (QED) is 0.218. The van der Waals surface area contributed by atoms with Gasteiger partial charge in [-0.2, -0.15) is 0 Å². The van der Waals surface area contributed by atoms with E-state index in [0.29, 0.717) is 12.8 Å².